The summed E-state index contributed by atoms with van der Waals surface area (Å²) in [5.74, 6) is -4.00. The molecule has 1 atom stereocenters. The first-order valence-corrected chi connectivity index (χ1v) is 4.88. The van der Waals surface area contributed by atoms with E-state index in [9.17, 15) is 24.6 Å². The Hall–Kier alpha value is -2.16. The van der Waals surface area contributed by atoms with Crippen LogP contribution >= 0.6 is 0 Å². The Balaban J connectivity index is 0. The van der Waals surface area contributed by atoms with Gasteiger partial charge in [0.15, 0.2) is 0 Å². The summed E-state index contributed by atoms with van der Waals surface area (Å²) in [4.78, 5) is 35.7. The minimum absolute atomic E-state index is 0. The SMILES string of the molecule is N[C@@H](CC(=O)O)C(=O)[O-].O=C([O-])C=Cc1cnc[nH]1.[Mn+2]. The number of rotatable bonds is 5. The number of H-pyrrole nitrogens is 1. The number of aliphatic carboxylic acids is 3. The molecule has 20 heavy (non-hydrogen) atoms. The first-order chi connectivity index (χ1) is 8.82. The Bertz CT molecular complexity index is 460. The van der Waals surface area contributed by atoms with Crippen molar-refractivity contribution in [3.8, 4) is 0 Å². The van der Waals surface area contributed by atoms with Crippen molar-refractivity contribution in [3.63, 3.8) is 0 Å². The molecule has 0 bridgehead atoms. The van der Waals surface area contributed by atoms with Crippen molar-refractivity contribution in [3.05, 3.63) is 24.3 Å². The Morgan fingerprint density at radius 1 is 1.45 bits per heavy atom. The van der Waals surface area contributed by atoms with Crippen LogP contribution in [0.3, 0.4) is 0 Å². The molecule has 0 aliphatic rings. The van der Waals surface area contributed by atoms with Gasteiger partial charge in [-0.25, -0.2) is 4.98 Å². The van der Waals surface area contributed by atoms with Crippen molar-refractivity contribution >= 4 is 24.0 Å². The second-order valence-electron chi connectivity index (χ2n) is 3.18. The third-order valence-electron chi connectivity index (χ3n) is 1.62. The van der Waals surface area contributed by atoms with Crippen molar-refractivity contribution in [1.29, 1.82) is 0 Å². The van der Waals surface area contributed by atoms with E-state index in [1.807, 2.05) is 0 Å². The summed E-state index contributed by atoms with van der Waals surface area (Å²) >= 11 is 0. The van der Waals surface area contributed by atoms with E-state index in [0.717, 1.165) is 6.08 Å². The summed E-state index contributed by atoms with van der Waals surface area (Å²) in [5.41, 5.74) is 5.42. The number of carbonyl (C=O) groups is 3. The Labute approximate surface area is 124 Å². The molecule has 0 aromatic carbocycles. The van der Waals surface area contributed by atoms with E-state index >= 15 is 0 Å². The zero-order chi connectivity index (χ0) is 14.8. The van der Waals surface area contributed by atoms with Crippen molar-refractivity contribution in [1.82, 2.24) is 9.97 Å². The zero-order valence-electron chi connectivity index (χ0n) is 9.98. The molecule has 4 N–H and O–H groups in total. The molecule has 1 aromatic rings. The van der Waals surface area contributed by atoms with Gasteiger partial charge in [0.1, 0.15) is 0 Å². The van der Waals surface area contributed by atoms with Crippen LogP contribution in [0.2, 0.25) is 0 Å². The van der Waals surface area contributed by atoms with Gasteiger partial charge in [-0.05, 0) is 12.2 Å². The summed E-state index contributed by atoms with van der Waals surface area (Å²) in [6.07, 6.45) is 4.70. The maximum atomic E-state index is 9.86. The smallest absolute Gasteiger partial charge is 0.548 e. The second-order valence-corrected chi connectivity index (χ2v) is 3.18. The summed E-state index contributed by atoms with van der Waals surface area (Å²) in [6.45, 7) is 0. The third-order valence-corrected chi connectivity index (χ3v) is 1.62. The maximum absolute atomic E-state index is 9.86. The first-order valence-electron chi connectivity index (χ1n) is 4.88. The molecule has 1 radical (unpaired) electrons. The first kappa shape index (κ1) is 20.2. The van der Waals surface area contributed by atoms with Crippen LogP contribution in [0.1, 0.15) is 12.1 Å². The van der Waals surface area contributed by atoms with Gasteiger partial charge in [-0.1, -0.05) is 0 Å². The number of nitrogens with one attached hydrogen (secondary N) is 1. The average Bonchev–Trinajstić information content (AvgIpc) is 2.79. The largest absolute Gasteiger partial charge is 2.00 e. The Morgan fingerprint density at radius 3 is 2.35 bits per heavy atom. The van der Waals surface area contributed by atoms with Gasteiger partial charge in [-0.2, -0.15) is 0 Å². The summed E-state index contributed by atoms with van der Waals surface area (Å²) in [5, 5.41) is 27.6. The quantitative estimate of drug-likeness (QED) is 0.373. The molecule has 0 fully saturated rings. The number of aromatic amines is 1. The van der Waals surface area contributed by atoms with Crippen LogP contribution in [0.5, 0.6) is 0 Å². The van der Waals surface area contributed by atoms with Gasteiger partial charge in [-0.15, -0.1) is 0 Å². The van der Waals surface area contributed by atoms with E-state index in [1.165, 1.54) is 18.6 Å². The van der Waals surface area contributed by atoms with E-state index in [4.69, 9.17) is 10.8 Å². The number of carboxylic acid groups (broad SMARTS) is 3. The van der Waals surface area contributed by atoms with Gasteiger partial charge in [0.2, 0.25) is 0 Å². The predicted octanol–water partition coefficient (Wildman–Crippen LogP) is -3.29. The van der Waals surface area contributed by atoms with Gasteiger partial charge in [0.25, 0.3) is 0 Å². The molecule has 1 aromatic heterocycles. The summed E-state index contributed by atoms with van der Waals surface area (Å²) in [7, 11) is 0. The predicted molar refractivity (Wildman–Crippen MR) is 57.9 cm³/mol. The Kier molecular flexibility index (Phi) is 10.8. The molecule has 0 saturated heterocycles. The van der Waals surface area contributed by atoms with Crippen molar-refractivity contribution < 1.29 is 46.8 Å². The van der Waals surface area contributed by atoms with Gasteiger partial charge in [0, 0.05) is 0 Å². The van der Waals surface area contributed by atoms with Crippen LogP contribution in [-0.2, 0) is 31.5 Å². The van der Waals surface area contributed by atoms with Crippen LogP contribution in [0.25, 0.3) is 6.08 Å². The molecule has 0 spiro atoms. The average molecular weight is 324 g/mol. The number of hydrogen-bond acceptors (Lipinski definition) is 7. The zero-order valence-corrected chi connectivity index (χ0v) is 11.2. The molecule has 0 aliphatic heterocycles. The molecular formula is C10H11MnN3O6. The Morgan fingerprint density at radius 2 is 2.05 bits per heavy atom. The summed E-state index contributed by atoms with van der Waals surface area (Å²) < 4.78 is 0. The van der Waals surface area contributed by atoms with E-state index in [0.29, 0.717) is 5.69 Å². The molecule has 10 heteroatoms. The standard InChI is InChI=1S/C6H6N2O2.C4H7NO4.Mn/c9-6(10)2-1-5-3-7-4-8-5;5-2(4(8)9)1-3(6)7;/h1-4H,(H,7,8)(H,9,10);2H,1,5H2,(H,6,7)(H,8,9);/q;;+2/p-2/t;2-;/m.0./s1. The molecule has 0 saturated carbocycles. The van der Waals surface area contributed by atoms with Gasteiger partial charge in [0.05, 0.1) is 42.6 Å². The number of imidazole rings is 1. The second kappa shape index (κ2) is 10.7. The minimum atomic E-state index is -1.54. The molecule has 1 rings (SSSR count). The van der Waals surface area contributed by atoms with Gasteiger partial charge < -0.3 is 35.6 Å². The number of carboxylic acids is 3. The van der Waals surface area contributed by atoms with E-state index < -0.39 is 30.4 Å². The van der Waals surface area contributed by atoms with Crippen molar-refractivity contribution in [2.75, 3.05) is 0 Å². The third kappa shape index (κ3) is 11.0. The molecule has 109 valence electrons. The fourth-order valence-corrected chi connectivity index (χ4v) is 0.787. The number of aromatic nitrogens is 2. The van der Waals surface area contributed by atoms with Crippen molar-refractivity contribution in [2.45, 2.75) is 12.5 Å². The minimum Gasteiger partial charge on any atom is -0.548 e. The van der Waals surface area contributed by atoms with Crippen LogP contribution in [0, 0.1) is 0 Å². The fourth-order valence-electron chi connectivity index (χ4n) is 0.787. The van der Waals surface area contributed by atoms with Crippen LogP contribution in [0.15, 0.2) is 18.6 Å². The molecular weight excluding hydrogens is 313 g/mol. The molecule has 9 nitrogen and oxygen atoms in total. The maximum Gasteiger partial charge on any atom is 2.00 e. The van der Waals surface area contributed by atoms with Crippen LogP contribution < -0.4 is 15.9 Å². The van der Waals surface area contributed by atoms with Gasteiger partial charge in [-0.3, -0.25) is 4.79 Å². The normalized spacial score (nSPS) is 10.8. The van der Waals surface area contributed by atoms with Crippen LogP contribution in [0.4, 0.5) is 0 Å². The number of hydrogen-bond donors (Lipinski definition) is 3. The van der Waals surface area contributed by atoms with E-state index in [-0.39, 0.29) is 17.1 Å². The van der Waals surface area contributed by atoms with E-state index in [1.54, 1.807) is 0 Å². The molecule has 0 amide bonds. The monoisotopic (exact) mass is 324 g/mol. The van der Waals surface area contributed by atoms with E-state index in [2.05, 4.69) is 9.97 Å². The molecule has 0 unspecified atom stereocenters. The van der Waals surface area contributed by atoms with Crippen LogP contribution in [-0.4, -0.2) is 39.0 Å². The summed E-state index contributed by atoms with van der Waals surface area (Å²) in [6, 6.07) is -1.40. The fraction of sp³-hybridized carbons (Fsp3) is 0.200. The molecule has 1 heterocycles. The topological polar surface area (TPSA) is 172 Å². The number of nitrogens with zero attached hydrogens (tertiary/aromatic N) is 1. The number of nitrogens with two attached hydrogens (primary N) is 1. The number of carbonyl (C=O) groups excluding carboxylic acids is 2. The van der Waals surface area contributed by atoms with Crippen molar-refractivity contribution in [2.24, 2.45) is 5.73 Å². The van der Waals surface area contributed by atoms with Gasteiger partial charge >= 0.3 is 23.0 Å². The molecule has 0 aliphatic carbocycles.